The lowest BCUT2D eigenvalue weighted by atomic mass is 9.77. The number of anilines is 1. The number of amides is 1. The lowest BCUT2D eigenvalue weighted by Gasteiger charge is -2.40. The second kappa shape index (κ2) is 6.54. The predicted octanol–water partition coefficient (Wildman–Crippen LogP) is 3.43. The van der Waals surface area contributed by atoms with E-state index in [4.69, 9.17) is 14.5 Å². The van der Waals surface area contributed by atoms with E-state index in [1.165, 1.54) is 49.6 Å². The Labute approximate surface area is 170 Å². The number of nitrogens with one attached hydrogen (secondary N) is 1. The largest absolute Gasteiger partial charge is 0.367 e. The van der Waals surface area contributed by atoms with Crippen molar-refractivity contribution in [3.05, 3.63) is 35.1 Å². The number of nitrogens with zero attached hydrogens (tertiary/aromatic N) is 4. The molecule has 7 nitrogen and oxygen atoms in total. The van der Waals surface area contributed by atoms with Crippen molar-refractivity contribution < 1.29 is 9.32 Å². The van der Waals surface area contributed by atoms with Gasteiger partial charge in [0.25, 0.3) is 5.91 Å². The highest BCUT2D eigenvalue weighted by Gasteiger charge is 2.47. The summed E-state index contributed by atoms with van der Waals surface area (Å²) in [6.45, 7) is 1.49. The monoisotopic (exact) mass is 393 g/mol. The predicted molar refractivity (Wildman–Crippen MR) is 107 cm³/mol. The van der Waals surface area contributed by atoms with Crippen LogP contribution in [0.2, 0.25) is 0 Å². The minimum Gasteiger partial charge on any atom is -0.367 e. The van der Waals surface area contributed by atoms with Crippen molar-refractivity contribution in [2.45, 2.75) is 75.2 Å². The third-order valence-corrected chi connectivity index (χ3v) is 7.29. The molecule has 1 unspecified atom stereocenters. The van der Waals surface area contributed by atoms with E-state index in [1.54, 1.807) is 6.07 Å². The van der Waals surface area contributed by atoms with Crippen LogP contribution in [0.3, 0.4) is 0 Å². The number of rotatable bonds is 4. The number of likely N-dealkylation sites (tertiary alicyclic amines) is 1. The zero-order valence-electron chi connectivity index (χ0n) is 16.7. The van der Waals surface area contributed by atoms with Crippen LogP contribution in [-0.4, -0.2) is 45.1 Å². The van der Waals surface area contributed by atoms with Crippen LogP contribution >= 0.6 is 0 Å². The summed E-state index contributed by atoms with van der Waals surface area (Å²) in [4.78, 5) is 25.0. The van der Waals surface area contributed by atoms with Gasteiger partial charge in [0, 0.05) is 42.1 Å². The summed E-state index contributed by atoms with van der Waals surface area (Å²) in [5, 5.41) is 7.58. The van der Waals surface area contributed by atoms with Crippen molar-refractivity contribution in [1.82, 2.24) is 20.0 Å². The Morgan fingerprint density at radius 2 is 2.07 bits per heavy atom. The second-order valence-corrected chi connectivity index (χ2v) is 9.30. The summed E-state index contributed by atoms with van der Waals surface area (Å²) < 4.78 is 4.89. The van der Waals surface area contributed by atoms with Gasteiger partial charge in [-0.05, 0) is 57.8 Å². The number of piperidine rings is 1. The number of fused-ring (bicyclic) bond motifs is 2. The molecule has 7 heteroatoms. The molecular weight excluding hydrogens is 366 g/mol. The van der Waals surface area contributed by atoms with Gasteiger partial charge in [-0.3, -0.25) is 4.79 Å². The molecule has 1 atom stereocenters. The minimum atomic E-state index is -0.0460. The van der Waals surface area contributed by atoms with Crippen LogP contribution in [0.25, 0.3) is 0 Å². The fraction of sp³-hybridized carbons (Fsp3) is 0.636. The smallest absolute Gasteiger partial charge is 0.276 e. The van der Waals surface area contributed by atoms with Gasteiger partial charge < -0.3 is 14.7 Å². The molecule has 1 saturated heterocycles. The first-order valence-corrected chi connectivity index (χ1v) is 11.1. The van der Waals surface area contributed by atoms with Crippen LogP contribution < -0.4 is 5.32 Å². The summed E-state index contributed by atoms with van der Waals surface area (Å²) >= 11 is 0. The minimum absolute atomic E-state index is 0.0319. The summed E-state index contributed by atoms with van der Waals surface area (Å²) in [5.41, 5.74) is 2.87. The van der Waals surface area contributed by atoms with E-state index >= 15 is 0 Å². The highest BCUT2D eigenvalue weighted by molar-refractivity contribution is 5.92. The second-order valence-electron chi connectivity index (χ2n) is 9.30. The quantitative estimate of drug-likeness (QED) is 0.857. The van der Waals surface area contributed by atoms with E-state index in [1.807, 2.05) is 4.90 Å². The van der Waals surface area contributed by atoms with Crippen molar-refractivity contribution in [3.63, 3.8) is 0 Å². The molecule has 2 saturated carbocycles. The SMILES string of the molecule is O=C(c1ccon1)N1CCCC2(CCc3c(NC4CCC4)nc(C4CC4)nc32)C1. The summed E-state index contributed by atoms with van der Waals surface area (Å²) in [6.07, 6.45) is 11.8. The average Bonchev–Trinajstić information content (AvgIpc) is 3.31. The van der Waals surface area contributed by atoms with E-state index in [9.17, 15) is 4.79 Å². The maximum absolute atomic E-state index is 12.9. The molecule has 4 aliphatic rings. The van der Waals surface area contributed by atoms with E-state index in [0.717, 1.165) is 50.4 Å². The molecule has 6 rings (SSSR count). The van der Waals surface area contributed by atoms with E-state index in [0.29, 0.717) is 17.7 Å². The zero-order valence-corrected chi connectivity index (χ0v) is 16.7. The van der Waals surface area contributed by atoms with Crippen LogP contribution in [0, 0.1) is 0 Å². The topological polar surface area (TPSA) is 84.2 Å². The van der Waals surface area contributed by atoms with Gasteiger partial charge in [0.1, 0.15) is 17.9 Å². The van der Waals surface area contributed by atoms with Gasteiger partial charge >= 0.3 is 0 Å². The molecule has 1 N–H and O–H groups in total. The van der Waals surface area contributed by atoms with Gasteiger partial charge in [0.2, 0.25) is 0 Å². The summed E-state index contributed by atoms with van der Waals surface area (Å²) in [7, 11) is 0. The molecule has 2 aromatic rings. The van der Waals surface area contributed by atoms with Crippen LogP contribution in [0.15, 0.2) is 16.9 Å². The summed E-state index contributed by atoms with van der Waals surface area (Å²) in [6, 6.07) is 2.22. The Morgan fingerprint density at radius 3 is 2.79 bits per heavy atom. The van der Waals surface area contributed by atoms with Gasteiger partial charge in [0.05, 0.1) is 5.69 Å². The molecule has 1 aliphatic heterocycles. The Hall–Kier alpha value is -2.44. The van der Waals surface area contributed by atoms with Crippen LogP contribution in [0.5, 0.6) is 0 Å². The summed E-state index contributed by atoms with van der Waals surface area (Å²) in [5.74, 6) is 2.59. The van der Waals surface area contributed by atoms with E-state index in [2.05, 4.69) is 10.5 Å². The first-order chi connectivity index (χ1) is 14.2. The third kappa shape index (κ3) is 2.93. The third-order valence-electron chi connectivity index (χ3n) is 7.29. The average molecular weight is 393 g/mol. The van der Waals surface area contributed by atoms with Crippen molar-refractivity contribution in [2.75, 3.05) is 18.4 Å². The number of hydrogen-bond acceptors (Lipinski definition) is 6. The fourth-order valence-electron chi connectivity index (χ4n) is 5.24. The molecule has 29 heavy (non-hydrogen) atoms. The highest BCUT2D eigenvalue weighted by atomic mass is 16.5. The lowest BCUT2D eigenvalue weighted by molar-refractivity contribution is 0.0623. The van der Waals surface area contributed by atoms with Crippen molar-refractivity contribution in [1.29, 1.82) is 0 Å². The Bertz CT molecular complexity index is 935. The molecule has 0 aromatic carbocycles. The molecule has 3 heterocycles. The maximum atomic E-state index is 12.9. The van der Waals surface area contributed by atoms with Crippen LogP contribution in [0.4, 0.5) is 5.82 Å². The molecular formula is C22H27N5O2. The molecule has 3 aliphatic carbocycles. The van der Waals surface area contributed by atoms with E-state index in [-0.39, 0.29) is 11.3 Å². The first kappa shape index (κ1) is 17.4. The first-order valence-electron chi connectivity index (χ1n) is 11.1. The molecule has 1 spiro atoms. The highest BCUT2D eigenvalue weighted by Crippen LogP contribution is 2.48. The van der Waals surface area contributed by atoms with Crippen molar-refractivity contribution in [2.24, 2.45) is 0 Å². The van der Waals surface area contributed by atoms with Gasteiger partial charge in [0.15, 0.2) is 5.69 Å². The standard InChI is InChI=1S/C22H27N5O2/c28-21(17-8-12-29-26-17)27-11-2-9-22(13-27)10-7-16-18(22)24-19(14-5-6-14)25-20(16)23-15-3-1-4-15/h8,12,14-15H,1-7,9-11,13H2,(H,23,24,25). The van der Waals surface area contributed by atoms with Crippen LogP contribution in [-0.2, 0) is 11.8 Å². The van der Waals surface area contributed by atoms with Gasteiger partial charge in [-0.15, -0.1) is 0 Å². The molecule has 2 aromatic heterocycles. The van der Waals surface area contributed by atoms with E-state index < -0.39 is 0 Å². The number of carbonyl (C=O) groups excluding carboxylic acids is 1. The maximum Gasteiger partial charge on any atom is 0.276 e. The lowest BCUT2D eigenvalue weighted by Crippen LogP contribution is -2.48. The molecule has 1 amide bonds. The van der Waals surface area contributed by atoms with Gasteiger partial charge in [-0.1, -0.05) is 5.16 Å². The Balaban J connectivity index is 1.35. The number of hydrogen-bond donors (Lipinski definition) is 1. The van der Waals surface area contributed by atoms with Gasteiger partial charge in [-0.2, -0.15) is 0 Å². The number of carbonyl (C=O) groups is 1. The Kier molecular flexibility index (Phi) is 3.93. The molecule has 0 bridgehead atoms. The normalized spacial score (nSPS) is 26.4. The van der Waals surface area contributed by atoms with Crippen molar-refractivity contribution >= 4 is 11.7 Å². The number of aromatic nitrogens is 3. The van der Waals surface area contributed by atoms with Gasteiger partial charge in [-0.25, -0.2) is 9.97 Å². The fourth-order valence-corrected chi connectivity index (χ4v) is 5.24. The van der Waals surface area contributed by atoms with Crippen molar-refractivity contribution in [3.8, 4) is 0 Å². The Morgan fingerprint density at radius 1 is 1.17 bits per heavy atom. The zero-order chi connectivity index (χ0) is 19.4. The molecule has 3 fully saturated rings. The van der Waals surface area contributed by atoms with Crippen LogP contribution in [0.1, 0.15) is 84.9 Å². The molecule has 0 radical (unpaired) electrons. The molecule has 152 valence electrons.